The zero-order valence-electron chi connectivity index (χ0n) is 12.2. The predicted molar refractivity (Wildman–Crippen MR) is 79.4 cm³/mol. The van der Waals surface area contributed by atoms with Crippen molar-refractivity contribution in [1.29, 1.82) is 0 Å². The highest BCUT2D eigenvalue weighted by atomic mass is 16.6. The molecule has 4 nitrogen and oxygen atoms in total. The summed E-state index contributed by atoms with van der Waals surface area (Å²) in [5, 5.41) is 3.58. The lowest BCUT2D eigenvalue weighted by molar-refractivity contribution is 0.171. The highest BCUT2D eigenvalue weighted by Crippen LogP contribution is 2.30. The van der Waals surface area contributed by atoms with Crippen molar-refractivity contribution in [2.75, 3.05) is 32.8 Å². The summed E-state index contributed by atoms with van der Waals surface area (Å²) < 4.78 is 11.2. The van der Waals surface area contributed by atoms with Gasteiger partial charge in [0.1, 0.15) is 13.2 Å². The molecule has 1 unspecified atom stereocenters. The Balaban J connectivity index is 1.51. The van der Waals surface area contributed by atoms with Gasteiger partial charge in [-0.15, -0.1) is 0 Å². The van der Waals surface area contributed by atoms with Crippen molar-refractivity contribution in [3.8, 4) is 11.5 Å². The van der Waals surface area contributed by atoms with Gasteiger partial charge in [0.2, 0.25) is 0 Å². The van der Waals surface area contributed by atoms with Crippen LogP contribution in [0.5, 0.6) is 11.5 Å². The van der Waals surface area contributed by atoms with Crippen LogP contribution in [-0.2, 0) is 6.54 Å². The molecule has 1 saturated heterocycles. The molecule has 3 rings (SSSR count). The summed E-state index contributed by atoms with van der Waals surface area (Å²) in [6.07, 6.45) is 2.66. The third-order valence-electron chi connectivity index (χ3n) is 4.22. The summed E-state index contributed by atoms with van der Waals surface area (Å²) in [6.45, 7) is 7.94. The smallest absolute Gasteiger partial charge is 0.161 e. The van der Waals surface area contributed by atoms with Gasteiger partial charge in [0.25, 0.3) is 0 Å². The zero-order chi connectivity index (χ0) is 13.8. The number of ether oxygens (including phenoxy) is 2. The molecule has 1 fully saturated rings. The van der Waals surface area contributed by atoms with E-state index in [0.717, 1.165) is 31.1 Å². The second kappa shape index (κ2) is 6.46. The lowest BCUT2D eigenvalue weighted by Gasteiger charge is -2.23. The fourth-order valence-corrected chi connectivity index (χ4v) is 3.12. The van der Waals surface area contributed by atoms with Gasteiger partial charge >= 0.3 is 0 Å². The average molecular weight is 276 g/mol. The number of nitrogens with one attached hydrogen (secondary N) is 1. The fourth-order valence-electron chi connectivity index (χ4n) is 3.12. The molecule has 1 aromatic carbocycles. The molecule has 110 valence electrons. The molecule has 0 aromatic heterocycles. The van der Waals surface area contributed by atoms with Crippen LogP contribution in [0.15, 0.2) is 18.2 Å². The first-order chi connectivity index (χ1) is 9.86. The Morgan fingerprint density at radius 2 is 2.10 bits per heavy atom. The predicted octanol–water partition coefficient (Wildman–Crippen LogP) is 2.03. The van der Waals surface area contributed by atoms with Crippen LogP contribution in [0, 0.1) is 0 Å². The lowest BCUT2D eigenvalue weighted by Crippen LogP contribution is -2.37. The zero-order valence-corrected chi connectivity index (χ0v) is 12.2. The van der Waals surface area contributed by atoms with Crippen LogP contribution in [0.2, 0.25) is 0 Å². The van der Waals surface area contributed by atoms with E-state index in [1.807, 2.05) is 6.07 Å². The van der Waals surface area contributed by atoms with Crippen LogP contribution in [-0.4, -0.2) is 43.8 Å². The van der Waals surface area contributed by atoms with Gasteiger partial charge in [-0.05, 0) is 43.6 Å². The molecule has 20 heavy (non-hydrogen) atoms. The molecule has 0 amide bonds. The van der Waals surface area contributed by atoms with E-state index < -0.39 is 0 Å². The molecule has 4 heteroatoms. The van der Waals surface area contributed by atoms with Gasteiger partial charge in [0.05, 0.1) is 0 Å². The summed E-state index contributed by atoms with van der Waals surface area (Å²) in [5.74, 6) is 1.75. The molecule has 2 heterocycles. The standard InChI is InChI=1S/C16H24N2O2/c1-2-18-7-3-4-14(18)12-17-11-13-5-6-15-16(10-13)20-9-8-19-15/h5-6,10,14,17H,2-4,7-9,11-12H2,1H3. The molecule has 0 bridgehead atoms. The maximum absolute atomic E-state index is 5.62. The van der Waals surface area contributed by atoms with Crippen LogP contribution in [0.4, 0.5) is 0 Å². The number of rotatable bonds is 5. The van der Waals surface area contributed by atoms with Gasteiger partial charge in [-0.2, -0.15) is 0 Å². The second-order valence-electron chi connectivity index (χ2n) is 5.53. The van der Waals surface area contributed by atoms with E-state index in [1.165, 1.54) is 24.9 Å². The monoisotopic (exact) mass is 276 g/mol. The summed E-state index contributed by atoms with van der Waals surface area (Å²) in [7, 11) is 0. The summed E-state index contributed by atoms with van der Waals surface area (Å²) in [6, 6.07) is 6.93. The Morgan fingerprint density at radius 3 is 2.95 bits per heavy atom. The maximum Gasteiger partial charge on any atom is 0.161 e. The molecular weight excluding hydrogens is 252 g/mol. The minimum atomic E-state index is 0.650. The van der Waals surface area contributed by atoms with Gasteiger partial charge in [0.15, 0.2) is 11.5 Å². The van der Waals surface area contributed by atoms with Crippen molar-refractivity contribution >= 4 is 0 Å². The average Bonchev–Trinajstić information content (AvgIpc) is 2.95. The quantitative estimate of drug-likeness (QED) is 0.892. The first kappa shape index (κ1) is 13.7. The minimum Gasteiger partial charge on any atom is -0.486 e. The normalized spacial score (nSPS) is 22.1. The van der Waals surface area contributed by atoms with E-state index in [1.54, 1.807) is 0 Å². The molecule has 1 atom stereocenters. The van der Waals surface area contributed by atoms with Crippen LogP contribution in [0.3, 0.4) is 0 Å². The van der Waals surface area contributed by atoms with Crippen molar-refractivity contribution in [3.05, 3.63) is 23.8 Å². The van der Waals surface area contributed by atoms with Gasteiger partial charge < -0.3 is 14.8 Å². The van der Waals surface area contributed by atoms with Gasteiger partial charge in [-0.1, -0.05) is 13.0 Å². The first-order valence-electron chi connectivity index (χ1n) is 7.70. The number of fused-ring (bicyclic) bond motifs is 1. The van der Waals surface area contributed by atoms with Crippen molar-refractivity contribution in [1.82, 2.24) is 10.2 Å². The van der Waals surface area contributed by atoms with Crippen molar-refractivity contribution in [2.45, 2.75) is 32.4 Å². The van der Waals surface area contributed by atoms with Crippen molar-refractivity contribution in [3.63, 3.8) is 0 Å². The number of likely N-dealkylation sites (tertiary alicyclic amines) is 1. The van der Waals surface area contributed by atoms with Gasteiger partial charge in [0, 0.05) is 19.1 Å². The Morgan fingerprint density at radius 1 is 1.25 bits per heavy atom. The van der Waals surface area contributed by atoms with E-state index in [9.17, 15) is 0 Å². The highest BCUT2D eigenvalue weighted by molar-refractivity contribution is 5.43. The van der Waals surface area contributed by atoms with Crippen molar-refractivity contribution < 1.29 is 9.47 Å². The van der Waals surface area contributed by atoms with E-state index in [2.05, 4.69) is 29.3 Å². The maximum atomic E-state index is 5.62. The molecule has 0 saturated carbocycles. The van der Waals surface area contributed by atoms with Crippen molar-refractivity contribution in [2.24, 2.45) is 0 Å². The van der Waals surface area contributed by atoms with E-state index >= 15 is 0 Å². The number of benzene rings is 1. The topological polar surface area (TPSA) is 33.7 Å². The fraction of sp³-hybridized carbons (Fsp3) is 0.625. The van der Waals surface area contributed by atoms with Crippen LogP contribution in [0.1, 0.15) is 25.3 Å². The Kier molecular flexibility index (Phi) is 4.43. The Labute approximate surface area is 121 Å². The number of likely N-dealkylation sites (N-methyl/N-ethyl adjacent to an activating group) is 1. The van der Waals surface area contributed by atoms with E-state index in [0.29, 0.717) is 19.3 Å². The SMILES string of the molecule is CCN1CCCC1CNCc1ccc2c(c1)OCCO2. The lowest BCUT2D eigenvalue weighted by atomic mass is 10.1. The number of hydrogen-bond donors (Lipinski definition) is 1. The second-order valence-corrected chi connectivity index (χ2v) is 5.53. The third kappa shape index (κ3) is 3.07. The molecule has 0 spiro atoms. The third-order valence-corrected chi connectivity index (χ3v) is 4.22. The van der Waals surface area contributed by atoms with Gasteiger partial charge in [-0.25, -0.2) is 0 Å². The highest BCUT2D eigenvalue weighted by Gasteiger charge is 2.22. The van der Waals surface area contributed by atoms with Crippen LogP contribution < -0.4 is 14.8 Å². The largest absolute Gasteiger partial charge is 0.486 e. The summed E-state index contributed by atoms with van der Waals surface area (Å²) >= 11 is 0. The molecule has 1 N–H and O–H groups in total. The number of hydrogen-bond acceptors (Lipinski definition) is 4. The summed E-state index contributed by atoms with van der Waals surface area (Å²) in [4.78, 5) is 2.57. The Bertz CT molecular complexity index is 450. The first-order valence-corrected chi connectivity index (χ1v) is 7.70. The molecule has 0 radical (unpaired) electrons. The molecular formula is C16H24N2O2. The van der Waals surface area contributed by atoms with E-state index in [-0.39, 0.29) is 0 Å². The molecule has 1 aromatic rings. The molecule has 0 aliphatic carbocycles. The molecule has 2 aliphatic heterocycles. The van der Waals surface area contributed by atoms with Gasteiger partial charge in [-0.3, -0.25) is 4.90 Å². The summed E-state index contributed by atoms with van der Waals surface area (Å²) in [5.41, 5.74) is 1.26. The number of nitrogens with zero attached hydrogens (tertiary/aromatic N) is 1. The van der Waals surface area contributed by atoms with Crippen LogP contribution in [0.25, 0.3) is 0 Å². The van der Waals surface area contributed by atoms with E-state index in [4.69, 9.17) is 9.47 Å². The minimum absolute atomic E-state index is 0.650. The Hall–Kier alpha value is -1.26. The van der Waals surface area contributed by atoms with Crippen LogP contribution >= 0.6 is 0 Å². The molecule has 2 aliphatic rings.